The fourth-order valence-electron chi connectivity index (χ4n) is 4.21. The highest BCUT2D eigenvalue weighted by atomic mass is 16.5. The van der Waals surface area contributed by atoms with Gasteiger partial charge < -0.3 is 15.0 Å². The summed E-state index contributed by atoms with van der Waals surface area (Å²) in [6.45, 7) is 4.04. The Hall–Kier alpha value is -2.59. The molecule has 2 heterocycles. The Kier molecular flexibility index (Phi) is 5.72. The van der Waals surface area contributed by atoms with E-state index in [0.717, 1.165) is 61.3 Å². The number of amides is 1. The number of fused-ring (bicyclic) bond motifs is 1. The maximum absolute atomic E-state index is 12.3. The summed E-state index contributed by atoms with van der Waals surface area (Å²) in [6.07, 6.45) is 6.82. The lowest BCUT2D eigenvalue weighted by Gasteiger charge is -2.40. The Morgan fingerprint density at radius 2 is 1.83 bits per heavy atom. The Morgan fingerprint density at radius 1 is 1.10 bits per heavy atom. The van der Waals surface area contributed by atoms with Crippen LogP contribution in [0.5, 0.6) is 5.75 Å². The molecule has 0 atom stereocenters. The fourth-order valence-corrected chi connectivity index (χ4v) is 4.21. The van der Waals surface area contributed by atoms with Crippen molar-refractivity contribution < 1.29 is 9.53 Å². The number of rotatable bonds is 5. The van der Waals surface area contributed by atoms with Gasteiger partial charge in [-0.15, -0.1) is 0 Å². The van der Waals surface area contributed by atoms with Crippen LogP contribution in [0.25, 0.3) is 5.57 Å². The largest absolute Gasteiger partial charge is 0.482 e. The number of anilines is 1. The molecule has 4 heteroatoms. The smallest absolute Gasteiger partial charge is 0.226 e. The number of unbranched alkanes of at least 4 members (excludes halogenated alkanes) is 1. The first kappa shape index (κ1) is 19.7. The van der Waals surface area contributed by atoms with E-state index in [4.69, 9.17) is 4.74 Å². The molecule has 0 bridgehead atoms. The number of piperidine rings is 1. The number of nitrogens with zero attached hydrogens (tertiary/aromatic N) is 1. The second kappa shape index (κ2) is 8.42. The van der Waals surface area contributed by atoms with Crippen LogP contribution in [-0.4, -0.2) is 31.6 Å². The molecule has 0 saturated carbocycles. The summed E-state index contributed by atoms with van der Waals surface area (Å²) in [6, 6.07) is 16.6. The monoisotopic (exact) mass is 390 g/mol. The van der Waals surface area contributed by atoms with E-state index in [1.54, 1.807) is 4.90 Å². The van der Waals surface area contributed by atoms with Gasteiger partial charge in [-0.1, -0.05) is 43.7 Å². The third kappa shape index (κ3) is 4.08. The minimum absolute atomic E-state index is 0.170. The predicted octanol–water partition coefficient (Wildman–Crippen LogP) is 4.79. The summed E-state index contributed by atoms with van der Waals surface area (Å²) in [7, 11) is 1.86. The van der Waals surface area contributed by atoms with Crippen molar-refractivity contribution in [1.82, 2.24) is 5.32 Å². The van der Waals surface area contributed by atoms with E-state index in [0.29, 0.717) is 6.42 Å². The van der Waals surface area contributed by atoms with Crippen LogP contribution in [0.4, 0.5) is 5.69 Å². The SMILES string of the molecule is CCCCC(=O)N(C)c1ccc(C2=CC3(CCNCC3)Oc3ccccc32)cc1. The molecule has 0 radical (unpaired) electrons. The minimum Gasteiger partial charge on any atom is -0.482 e. The lowest BCUT2D eigenvalue weighted by Crippen LogP contribution is -2.46. The minimum atomic E-state index is -0.236. The summed E-state index contributed by atoms with van der Waals surface area (Å²) in [5.41, 5.74) is 4.22. The van der Waals surface area contributed by atoms with E-state index in [9.17, 15) is 4.79 Å². The van der Waals surface area contributed by atoms with Gasteiger partial charge in [-0.3, -0.25) is 4.79 Å². The average molecular weight is 391 g/mol. The van der Waals surface area contributed by atoms with Gasteiger partial charge in [-0.2, -0.15) is 0 Å². The van der Waals surface area contributed by atoms with Gasteiger partial charge in [0, 0.05) is 37.6 Å². The van der Waals surface area contributed by atoms with Crippen LogP contribution in [0.15, 0.2) is 54.6 Å². The number of nitrogens with one attached hydrogen (secondary N) is 1. The van der Waals surface area contributed by atoms with Gasteiger partial charge in [-0.05, 0) is 54.9 Å². The van der Waals surface area contributed by atoms with Gasteiger partial charge in [0.25, 0.3) is 0 Å². The standard InChI is InChI=1S/C25H30N2O2/c1-3-4-9-24(28)27(2)20-12-10-19(11-13-20)22-18-25(14-16-26-17-15-25)29-23-8-6-5-7-21(22)23/h5-8,10-13,18,26H,3-4,9,14-17H2,1-2H3. The summed E-state index contributed by atoms with van der Waals surface area (Å²) >= 11 is 0. The first-order chi connectivity index (χ1) is 14.1. The number of ether oxygens (including phenoxy) is 1. The van der Waals surface area contributed by atoms with Crippen LogP contribution in [0, 0.1) is 0 Å². The zero-order chi connectivity index (χ0) is 20.3. The van der Waals surface area contributed by atoms with Crippen LogP contribution in [-0.2, 0) is 4.79 Å². The zero-order valence-electron chi connectivity index (χ0n) is 17.4. The normalized spacial score (nSPS) is 17.2. The van der Waals surface area contributed by atoms with Crippen molar-refractivity contribution in [3.8, 4) is 5.75 Å². The summed E-state index contributed by atoms with van der Waals surface area (Å²) < 4.78 is 6.47. The number of benzene rings is 2. The third-order valence-corrected chi connectivity index (χ3v) is 6.03. The summed E-state index contributed by atoms with van der Waals surface area (Å²) in [5.74, 6) is 1.13. The molecule has 4 rings (SSSR count). The van der Waals surface area contributed by atoms with Gasteiger partial charge in [0.2, 0.25) is 5.91 Å². The molecule has 0 aliphatic carbocycles. The molecular weight excluding hydrogens is 360 g/mol. The molecule has 1 spiro atoms. The lowest BCUT2D eigenvalue weighted by atomic mass is 9.83. The van der Waals surface area contributed by atoms with E-state index in [-0.39, 0.29) is 11.5 Å². The Morgan fingerprint density at radius 3 is 2.55 bits per heavy atom. The van der Waals surface area contributed by atoms with E-state index in [1.165, 1.54) is 5.57 Å². The Bertz CT molecular complexity index is 895. The van der Waals surface area contributed by atoms with E-state index < -0.39 is 0 Å². The van der Waals surface area contributed by atoms with Gasteiger partial charge in [-0.25, -0.2) is 0 Å². The predicted molar refractivity (Wildman–Crippen MR) is 118 cm³/mol. The Balaban J connectivity index is 1.64. The number of hydrogen-bond donors (Lipinski definition) is 1. The second-order valence-corrected chi connectivity index (χ2v) is 8.07. The third-order valence-electron chi connectivity index (χ3n) is 6.03. The summed E-state index contributed by atoms with van der Waals surface area (Å²) in [5, 5.41) is 3.43. The number of carbonyl (C=O) groups excluding carboxylic acids is 1. The van der Waals surface area contributed by atoms with Crippen molar-refractivity contribution in [3.05, 3.63) is 65.7 Å². The number of hydrogen-bond acceptors (Lipinski definition) is 3. The molecule has 0 aromatic heterocycles. The average Bonchev–Trinajstić information content (AvgIpc) is 2.77. The van der Waals surface area contributed by atoms with Crippen molar-refractivity contribution in [3.63, 3.8) is 0 Å². The first-order valence-electron chi connectivity index (χ1n) is 10.7. The van der Waals surface area contributed by atoms with Crippen molar-refractivity contribution in [2.75, 3.05) is 25.0 Å². The van der Waals surface area contributed by atoms with Crippen molar-refractivity contribution in [2.24, 2.45) is 0 Å². The highest BCUT2D eigenvalue weighted by Gasteiger charge is 2.36. The second-order valence-electron chi connectivity index (χ2n) is 8.07. The van der Waals surface area contributed by atoms with Crippen LogP contribution < -0.4 is 15.0 Å². The molecular formula is C25H30N2O2. The molecule has 2 aliphatic rings. The van der Waals surface area contributed by atoms with E-state index in [1.807, 2.05) is 25.2 Å². The molecule has 1 N–H and O–H groups in total. The number of carbonyl (C=O) groups is 1. The molecule has 0 unspecified atom stereocenters. The lowest BCUT2D eigenvalue weighted by molar-refractivity contribution is -0.118. The van der Waals surface area contributed by atoms with Gasteiger partial charge in [0.05, 0.1) is 0 Å². The molecule has 4 nitrogen and oxygen atoms in total. The summed E-state index contributed by atoms with van der Waals surface area (Å²) in [4.78, 5) is 14.1. The van der Waals surface area contributed by atoms with Crippen molar-refractivity contribution >= 4 is 17.2 Å². The quantitative estimate of drug-likeness (QED) is 0.798. The van der Waals surface area contributed by atoms with Gasteiger partial charge in [0.15, 0.2) is 0 Å². The maximum Gasteiger partial charge on any atom is 0.226 e. The van der Waals surface area contributed by atoms with E-state index in [2.05, 4.69) is 48.6 Å². The molecule has 29 heavy (non-hydrogen) atoms. The van der Waals surface area contributed by atoms with Gasteiger partial charge >= 0.3 is 0 Å². The zero-order valence-corrected chi connectivity index (χ0v) is 17.4. The highest BCUT2D eigenvalue weighted by molar-refractivity contribution is 5.93. The molecule has 2 aromatic carbocycles. The molecule has 2 aliphatic heterocycles. The molecule has 152 valence electrons. The van der Waals surface area contributed by atoms with Crippen molar-refractivity contribution in [1.29, 1.82) is 0 Å². The van der Waals surface area contributed by atoms with Crippen molar-refractivity contribution in [2.45, 2.75) is 44.6 Å². The van der Waals surface area contributed by atoms with E-state index >= 15 is 0 Å². The molecule has 1 fully saturated rings. The highest BCUT2D eigenvalue weighted by Crippen LogP contribution is 2.42. The van der Waals surface area contributed by atoms with Crippen LogP contribution in [0.1, 0.15) is 50.2 Å². The Labute approximate surface area is 173 Å². The van der Waals surface area contributed by atoms with Crippen LogP contribution >= 0.6 is 0 Å². The van der Waals surface area contributed by atoms with Crippen LogP contribution in [0.3, 0.4) is 0 Å². The molecule has 1 amide bonds. The maximum atomic E-state index is 12.3. The molecule has 2 aromatic rings. The number of para-hydroxylation sites is 1. The molecule has 1 saturated heterocycles. The van der Waals surface area contributed by atoms with Crippen LogP contribution in [0.2, 0.25) is 0 Å². The first-order valence-corrected chi connectivity index (χ1v) is 10.7. The van der Waals surface area contributed by atoms with Gasteiger partial charge in [0.1, 0.15) is 11.4 Å². The topological polar surface area (TPSA) is 41.6 Å². The fraction of sp³-hybridized carbons (Fsp3) is 0.400.